The summed E-state index contributed by atoms with van der Waals surface area (Å²) < 4.78 is 23.6. The third kappa shape index (κ3) is 4.34. The number of aliphatic hydroxyl groups is 1. The first-order valence-corrected chi connectivity index (χ1v) is 11.2. The Morgan fingerprint density at radius 3 is 2.60 bits per heavy atom. The van der Waals surface area contributed by atoms with E-state index >= 15 is 0 Å². The summed E-state index contributed by atoms with van der Waals surface area (Å²) >= 11 is 0. The zero-order chi connectivity index (χ0) is 22.4. The van der Waals surface area contributed by atoms with Gasteiger partial charge in [0.1, 0.15) is 5.70 Å². The van der Waals surface area contributed by atoms with Crippen molar-refractivity contribution in [2.24, 2.45) is 17.0 Å². The number of amides is 2. The minimum absolute atomic E-state index is 0.0146. The van der Waals surface area contributed by atoms with Crippen LogP contribution in [0.4, 0.5) is 0 Å². The summed E-state index contributed by atoms with van der Waals surface area (Å²) in [6.45, 7) is 4.33. The van der Waals surface area contributed by atoms with E-state index in [-0.39, 0.29) is 29.6 Å². The van der Waals surface area contributed by atoms with Crippen LogP contribution in [0, 0.1) is 11.8 Å². The van der Waals surface area contributed by atoms with E-state index in [4.69, 9.17) is 5.14 Å². The second kappa shape index (κ2) is 8.23. The SMILES string of the molecule is C[C@@H](O)C1C(=O)N2C(C(=O)O)=C(CN3CC[C@H](NC(=O)CNS(N)(=O)=O)C3)[C@H](C)[C@H]12. The van der Waals surface area contributed by atoms with E-state index in [2.05, 4.69) is 5.32 Å². The fraction of sp³-hybridized carbons (Fsp3) is 0.706. The van der Waals surface area contributed by atoms with Gasteiger partial charge in [-0.2, -0.15) is 13.1 Å². The van der Waals surface area contributed by atoms with E-state index < -0.39 is 40.7 Å². The highest BCUT2D eigenvalue weighted by atomic mass is 32.2. The van der Waals surface area contributed by atoms with Gasteiger partial charge in [-0.15, -0.1) is 0 Å². The zero-order valence-corrected chi connectivity index (χ0v) is 17.6. The predicted octanol–water partition coefficient (Wildman–Crippen LogP) is -2.83. The van der Waals surface area contributed by atoms with Crippen molar-refractivity contribution in [3.05, 3.63) is 11.3 Å². The number of nitrogens with zero attached hydrogens (tertiary/aromatic N) is 2. The van der Waals surface area contributed by atoms with E-state index in [9.17, 15) is 33.0 Å². The summed E-state index contributed by atoms with van der Waals surface area (Å²) in [7, 11) is -3.95. The Labute approximate surface area is 174 Å². The smallest absolute Gasteiger partial charge is 0.352 e. The molecular weight excluding hydrogens is 418 g/mol. The molecule has 0 radical (unpaired) electrons. The van der Waals surface area contributed by atoms with Gasteiger partial charge in [0.2, 0.25) is 11.8 Å². The summed E-state index contributed by atoms with van der Waals surface area (Å²) in [6, 6.07) is -0.574. The first-order chi connectivity index (χ1) is 13.9. The van der Waals surface area contributed by atoms with Crippen LogP contribution in [-0.4, -0.2) is 90.6 Å². The predicted molar refractivity (Wildman–Crippen MR) is 104 cm³/mol. The van der Waals surface area contributed by atoms with Gasteiger partial charge in [-0.05, 0) is 18.9 Å². The lowest BCUT2D eigenvalue weighted by molar-refractivity contribution is -0.163. The highest BCUT2D eigenvalue weighted by Crippen LogP contribution is 2.47. The summed E-state index contributed by atoms with van der Waals surface area (Å²) in [5.74, 6) is -2.87. The van der Waals surface area contributed by atoms with Gasteiger partial charge in [0.15, 0.2) is 0 Å². The number of nitrogens with two attached hydrogens (primary N) is 1. The van der Waals surface area contributed by atoms with Gasteiger partial charge in [0.05, 0.1) is 24.6 Å². The van der Waals surface area contributed by atoms with E-state index in [0.29, 0.717) is 31.6 Å². The molecule has 12 nitrogen and oxygen atoms in total. The van der Waals surface area contributed by atoms with Crippen LogP contribution in [0.25, 0.3) is 0 Å². The summed E-state index contributed by atoms with van der Waals surface area (Å²) in [5.41, 5.74) is 0.617. The fourth-order valence-corrected chi connectivity index (χ4v) is 4.97. The number of hydrogen-bond acceptors (Lipinski definition) is 7. The van der Waals surface area contributed by atoms with Crippen LogP contribution >= 0.6 is 0 Å². The van der Waals surface area contributed by atoms with Gasteiger partial charge in [0, 0.05) is 31.6 Å². The van der Waals surface area contributed by atoms with Crippen molar-refractivity contribution in [2.45, 2.75) is 38.5 Å². The van der Waals surface area contributed by atoms with Crippen molar-refractivity contribution in [1.82, 2.24) is 19.8 Å². The van der Waals surface area contributed by atoms with Crippen molar-refractivity contribution in [2.75, 3.05) is 26.2 Å². The highest BCUT2D eigenvalue weighted by Gasteiger charge is 2.59. The molecular formula is C17H27N5O7S. The molecule has 5 atom stereocenters. The van der Waals surface area contributed by atoms with E-state index in [1.165, 1.54) is 11.8 Å². The Hall–Kier alpha value is -2.06. The fourth-order valence-electron chi connectivity index (χ4n) is 4.63. The number of aliphatic hydroxyl groups excluding tert-OH is 1. The van der Waals surface area contributed by atoms with Crippen LogP contribution in [0.15, 0.2) is 11.3 Å². The maximum absolute atomic E-state index is 12.4. The molecule has 3 rings (SSSR count). The molecule has 2 amide bonds. The zero-order valence-electron chi connectivity index (χ0n) is 16.7. The van der Waals surface area contributed by atoms with Crippen molar-refractivity contribution in [1.29, 1.82) is 0 Å². The van der Waals surface area contributed by atoms with E-state index in [1.54, 1.807) is 0 Å². The number of rotatable bonds is 8. The largest absolute Gasteiger partial charge is 0.477 e. The van der Waals surface area contributed by atoms with Crippen LogP contribution < -0.4 is 15.2 Å². The number of carbonyl (C=O) groups excluding carboxylic acids is 2. The van der Waals surface area contributed by atoms with Gasteiger partial charge >= 0.3 is 5.97 Å². The third-order valence-electron chi connectivity index (χ3n) is 5.98. The van der Waals surface area contributed by atoms with Crippen molar-refractivity contribution >= 4 is 28.0 Å². The quantitative estimate of drug-likeness (QED) is 0.248. The second-order valence-corrected chi connectivity index (χ2v) is 9.47. The lowest BCUT2D eigenvalue weighted by atomic mass is 9.77. The number of carbonyl (C=O) groups is 3. The number of likely N-dealkylation sites (tertiary alicyclic amines) is 1. The van der Waals surface area contributed by atoms with Crippen molar-refractivity contribution in [3.8, 4) is 0 Å². The van der Waals surface area contributed by atoms with Crippen LogP contribution in [0.1, 0.15) is 20.3 Å². The molecule has 0 spiro atoms. The molecule has 0 aliphatic carbocycles. The molecule has 3 aliphatic rings. The van der Waals surface area contributed by atoms with E-state index in [1.807, 2.05) is 16.5 Å². The number of β-lactam (4-membered cyclic amide) rings is 1. The van der Waals surface area contributed by atoms with Gasteiger partial charge in [0.25, 0.3) is 10.2 Å². The second-order valence-electron chi connectivity index (χ2n) is 8.09. The molecule has 3 aliphatic heterocycles. The Bertz CT molecular complexity index is 887. The highest BCUT2D eigenvalue weighted by molar-refractivity contribution is 7.87. The Balaban J connectivity index is 1.63. The lowest BCUT2D eigenvalue weighted by Crippen LogP contribution is -2.63. The van der Waals surface area contributed by atoms with Crippen LogP contribution in [0.2, 0.25) is 0 Å². The van der Waals surface area contributed by atoms with Crippen LogP contribution in [-0.2, 0) is 24.6 Å². The van der Waals surface area contributed by atoms with Crippen molar-refractivity contribution in [3.63, 3.8) is 0 Å². The molecule has 0 aromatic rings. The maximum Gasteiger partial charge on any atom is 0.352 e. The average Bonchev–Trinajstić information content (AvgIpc) is 3.14. The Morgan fingerprint density at radius 1 is 1.37 bits per heavy atom. The molecule has 3 heterocycles. The van der Waals surface area contributed by atoms with Crippen LogP contribution in [0.5, 0.6) is 0 Å². The molecule has 0 aromatic carbocycles. The number of nitrogens with one attached hydrogen (secondary N) is 2. The number of fused-ring (bicyclic) bond motifs is 1. The summed E-state index contributed by atoms with van der Waals surface area (Å²) in [4.78, 5) is 39.4. The molecule has 30 heavy (non-hydrogen) atoms. The third-order valence-corrected chi connectivity index (χ3v) is 6.53. The molecule has 168 valence electrons. The Kier molecular flexibility index (Phi) is 6.20. The van der Waals surface area contributed by atoms with Crippen molar-refractivity contribution < 1.29 is 33.0 Å². The summed E-state index contributed by atoms with van der Waals surface area (Å²) in [5, 5.41) is 27.1. The Morgan fingerprint density at radius 2 is 2.03 bits per heavy atom. The lowest BCUT2D eigenvalue weighted by Gasteiger charge is -2.46. The number of carboxylic acid groups (broad SMARTS) is 1. The minimum Gasteiger partial charge on any atom is -0.477 e. The topological polar surface area (TPSA) is 182 Å². The molecule has 0 saturated carbocycles. The average molecular weight is 445 g/mol. The first-order valence-electron chi connectivity index (χ1n) is 9.67. The van der Waals surface area contributed by atoms with E-state index in [0.717, 1.165) is 0 Å². The standard InChI is InChI=1S/C17H27N5O7S/c1-8-11(15(17(26)27)22-14(8)13(9(2)23)16(22)25)7-21-4-3-10(6-21)20-12(24)5-19-30(18,28)29/h8-10,13-14,19,23H,3-7H2,1-2H3,(H,20,24)(H,26,27)(H2,18,28,29)/t8-,9+,10-,13?,14+/m0/s1. The normalized spacial score (nSPS) is 30.3. The monoisotopic (exact) mass is 445 g/mol. The molecule has 2 fully saturated rings. The minimum atomic E-state index is -3.95. The van der Waals surface area contributed by atoms with Crippen LogP contribution in [0.3, 0.4) is 0 Å². The van der Waals surface area contributed by atoms with Gasteiger partial charge < -0.3 is 20.4 Å². The molecule has 6 N–H and O–H groups in total. The van der Waals surface area contributed by atoms with Gasteiger partial charge in [-0.25, -0.2) is 9.93 Å². The van der Waals surface area contributed by atoms with Gasteiger partial charge in [-0.3, -0.25) is 14.5 Å². The maximum atomic E-state index is 12.4. The number of aliphatic carboxylic acids is 1. The molecule has 0 aromatic heterocycles. The number of hydrogen-bond donors (Lipinski definition) is 5. The number of carboxylic acids is 1. The molecule has 13 heteroatoms. The molecule has 2 saturated heterocycles. The first kappa shape index (κ1) is 22.6. The molecule has 0 bridgehead atoms. The summed E-state index contributed by atoms with van der Waals surface area (Å²) in [6.07, 6.45) is -0.235. The molecule has 1 unspecified atom stereocenters. The van der Waals surface area contributed by atoms with Gasteiger partial charge in [-0.1, -0.05) is 6.92 Å².